The molecule has 0 N–H and O–H groups in total. The molecule has 0 aliphatic carbocycles. The largest absolute Gasteiger partial charge is 0.471 e. The molecule has 19 heavy (non-hydrogen) atoms. The first-order chi connectivity index (χ1) is 9.40. The second-order valence-electron chi connectivity index (χ2n) is 4.46. The Labute approximate surface area is 117 Å². The lowest BCUT2D eigenvalue weighted by atomic mass is 10.1. The molecule has 0 saturated carbocycles. The molecule has 0 amide bonds. The molecule has 1 aliphatic rings. The highest BCUT2D eigenvalue weighted by Gasteiger charge is 2.19. The molecule has 96 valence electrons. The number of rotatable bonds is 3. The fourth-order valence-electron chi connectivity index (χ4n) is 2.03. The monoisotopic (exact) mass is 269 g/mol. The molecule has 0 aromatic heterocycles. The highest BCUT2D eigenvalue weighted by molar-refractivity contribution is 8.13. The summed E-state index contributed by atoms with van der Waals surface area (Å²) in [4.78, 5) is 5.80. The van der Waals surface area contributed by atoms with Crippen molar-refractivity contribution in [3.05, 3.63) is 66.2 Å². The Bertz CT molecular complexity index is 553. The SMILES string of the molecule is c1ccc(CC2COC(Sc3ccccc3)=N2)cc1. The lowest BCUT2D eigenvalue weighted by Crippen LogP contribution is -2.09. The van der Waals surface area contributed by atoms with Gasteiger partial charge >= 0.3 is 0 Å². The summed E-state index contributed by atoms with van der Waals surface area (Å²) in [6.07, 6.45) is 0.944. The number of ether oxygens (including phenoxy) is 1. The fraction of sp³-hybridized carbons (Fsp3) is 0.188. The third-order valence-corrected chi connectivity index (χ3v) is 3.86. The summed E-state index contributed by atoms with van der Waals surface area (Å²) in [5.74, 6) is 0. The van der Waals surface area contributed by atoms with E-state index in [0.717, 1.165) is 11.7 Å². The summed E-state index contributed by atoms with van der Waals surface area (Å²) in [5.41, 5.74) is 1.31. The molecule has 0 bridgehead atoms. The van der Waals surface area contributed by atoms with E-state index in [1.165, 1.54) is 10.5 Å². The zero-order valence-corrected chi connectivity index (χ0v) is 11.3. The average molecular weight is 269 g/mol. The van der Waals surface area contributed by atoms with Gasteiger partial charge in [0.15, 0.2) is 0 Å². The highest BCUT2D eigenvalue weighted by atomic mass is 32.2. The van der Waals surface area contributed by atoms with E-state index < -0.39 is 0 Å². The average Bonchev–Trinajstić information content (AvgIpc) is 2.88. The van der Waals surface area contributed by atoms with Crippen LogP contribution in [0.1, 0.15) is 5.56 Å². The number of aliphatic imine (C=N–C) groups is 1. The van der Waals surface area contributed by atoms with Gasteiger partial charge in [-0.05, 0) is 35.9 Å². The lowest BCUT2D eigenvalue weighted by Gasteiger charge is -2.03. The van der Waals surface area contributed by atoms with Gasteiger partial charge in [-0.25, -0.2) is 4.99 Å². The normalized spacial score (nSPS) is 17.9. The first kappa shape index (κ1) is 12.3. The van der Waals surface area contributed by atoms with Gasteiger partial charge in [0, 0.05) is 4.90 Å². The van der Waals surface area contributed by atoms with Crippen LogP contribution in [-0.2, 0) is 11.2 Å². The Morgan fingerprint density at radius 2 is 1.68 bits per heavy atom. The Kier molecular flexibility index (Phi) is 3.84. The second kappa shape index (κ2) is 5.93. The standard InChI is InChI=1S/C16H15NOS/c1-3-7-13(8-4-1)11-14-12-18-16(17-14)19-15-9-5-2-6-10-15/h1-10,14H,11-12H2. The maximum absolute atomic E-state index is 5.65. The summed E-state index contributed by atoms with van der Waals surface area (Å²) < 4.78 is 5.65. The first-order valence-corrected chi connectivity index (χ1v) is 7.19. The molecule has 1 unspecified atom stereocenters. The van der Waals surface area contributed by atoms with Gasteiger partial charge < -0.3 is 4.74 Å². The maximum atomic E-state index is 5.65. The lowest BCUT2D eigenvalue weighted by molar-refractivity contribution is 0.323. The van der Waals surface area contributed by atoms with E-state index in [9.17, 15) is 0 Å². The second-order valence-corrected chi connectivity index (χ2v) is 5.49. The van der Waals surface area contributed by atoms with Gasteiger partial charge in [-0.15, -0.1) is 0 Å². The van der Waals surface area contributed by atoms with Crippen LogP contribution in [0.4, 0.5) is 0 Å². The van der Waals surface area contributed by atoms with E-state index in [1.807, 2.05) is 24.3 Å². The van der Waals surface area contributed by atoms with Crippen molar-refractivity contribution in [1.29, 1.82) is 0 Å². The molecule has 1 atom stereocenters. The minimum absolute atomic E-state index is 0.244. The van der Waals surface area contributed by atoms with Crippen molar-refractivity contribution in [3.63, 3.8) is 0 Å². The molecule has 0 spiro atoms. The number of nitrogens with zero attached hydrogens (tertiary/aromatic N) is 1. The van der Waals surface area contributed by atoms with Crippen LogP contribution >= 0.6 is 11.8 Å². The molecule has 0 radical (unpaired) electrons. The molecule has 2 aromatic rings. The van der Waals surface area contributed by atoms with Crippen LogP contribution in [0.25, 0.3) is 0 Å². The van der Waals surface area contributed by atoms with E-state index in [4.69, 9.17) is 4.74 Å². The zero-order valence-electron chi connectivity index (χ0n) is 10.5. The maximum Gasteiger partial charge on any atom is 0.251 e. The van der Waals surface area contributed by atoms with Crippen LogP contribution in [0.2, 0.25) is 0 Å². The summed E-state index contributed by atoms with van der Waals surface area (Å²) in [6.45, 7) is 0.685. The van der Waals surface area contributed by atoms with E-state index in [0.29, 0.717) is 6.61 Å². The van der Waals surface area contributed by atoms with Crippen LogP contribution in [0.3, 0.4) is 0 Å². The number of hydrogen-bond donors (Lipinski definition) is 0. The summed E-state index contributed by atoms with van der Waals surface area (Å²) in [6, 6.07) is 20.9. The van der Waals surface area contributed by atoms with Gasteiger partial charge in [0.1, 0.15) is 6.61 Å². The van der Waals surface area contributed by atoms with Crippen LogP contribution < -0.4 is 0 Å². The number of hydrogen-bond acceptors (Lipinski definition) is 3. The molecule has 1 aliphatic heterocycles. The van der Waals surface area contributed by atoms with Gasteiger partial charge in [-0.1, -0.05) is 48.5 Å². The minimum atomic E-state index is 0.244. The van der Waals surface area contributed by atoms with E-state index in [2.05, 4.69) is 41.4 Å². The fourth-order valence-corrected chi connectivity index (χ4v) is 2.85. The molecule has 3 heteroatoms. The highest BCUT2D eigenvalue weighted by Crippen LogP contribution is 2.24. The third-order valence-electron chi connectivity index (χ3n) is 2.95. The zero-order chi connectivity index (χ0) is 12.9. The Morgan fingerprint density at radius 1 is 1.00 bits per heavy atom. The molecular weight excluding hydrogens is 254 g/mol. The third kappa shape index (κ3) is 3.38. The Balaban J connectivity index is 1.62. The van der Waals surface area contributed by atoms with Crippen LogP contribution in [0.15, 0.2) is 70.6 Å². The molecule has 2 aromatic carbocycles. The van der Waals surface area contributed by atoms with Crippen molar-refractivity contribution < 1.29 is 4.74 Å². The topological polar surface area (TPSA) is 21.6 Å². The van der Waals surface area contributed by atoms with Crippen molar-refractivity contribution in [1.82, 2.24) is 0 Å². The predicted octanol–water partition coefficient (Wildman–Crippen LogP) is 3.78. The van der Waals surface area contributed by atoms with Crippen molar-refractivity contribution in [2.24, 2.45) is 4.99 Å². The van der Waals surface area contributed by atoms with Gasteiger partial charge in [-0.3, -0.25) is 0 Å². The predicted molar refractivity (Wildman–Crippen MR) is 79.6 cm³/mol. The van der Waals surface area contributed by atoms with Gasteiger partial charge in [0.25, 0.3) is 5.23 Å². The van der Waals surface area contributed by atoms with Gasteiger partial charge in [0.05, 0.1) is 6.04 Å². The summed E-state index contributed by atoms with van der Waals surface area (Å²) in [5, 5.41) is 0.784. The molecule has 3 rings (SSSR count). The molecule has 0 saturated heterocycles. The molecule has 1 heterocycles. The van der Waals surface area contributed by atoms with Crippen LogP contribution in [-0.4, -0.2) is 17.9 Å². The summed E-state index contributed by atoms with van der Waals surface area (Å²) >= 11 is 1.59. The van der Waals surface area contributed by atoms with Crippen molar-refractivity contribution in [2.45, 2.75) is 17.4 Å². The van der Waals surface area contributed by atoms with Crippen molar-refractivity contribution >= 4 is 17.0 Å². The number of benzene rings is 2. The quantitative estimate of drug-likeness (QED) is 0.846. The number of thioether (sulfide) groups is 1. The smallest absolute Gasteiger partial charge is 0.251 e. The Morgan fingerprint density at radius 3 is 2.42 bits per heavy atom. The molecule has 0 fully saturated rings. The van der Waals surface area contributed by atoms with Crippen LogP contribution in [0.5, 0.6) is 0 Å². The van der Waals surface area contributed by atoms with Gasteiger partial charge in [-0.2, -0.15) is 0 Å². The van der Waals surface area contributed by atoms with Crippen molar-refractivity contribution in [2.75, 3.05) is 6.61 Å². The molecule has 2 nitrogen and oxygen atoms in total. The first-order valence-electron chi connectivity index (χ1n) is 6.37. The van der Waals surface area contributed by atoms with Crippen molar-refractivity contribution in [3.8, 4) is 0 Å². The molecular formula is C16H15NOS. The Hall–Kier alpha value is -1.74. The van der Waals surface area contributed by atoms with E-state index >= 15 is 0 Å². The van der Waals surface area contributed by atoms with Gasteiger partial charge in [0.2, 0.25) is 0 Å². The van der Waals surface area contributed by atoms with Crippen LogP contribution in [0, 0.1) is 0 Å². The minimum Gasteiger partial charge on any atom is -0.471 e. The van der Waals surface area contributed by atoms with E-state index in [1.54, 1.807) is 11.8 Å². The van der Waals surface area contributed by atoms with E-state index in [-0.39, 0.29) is 6.04 Å². The summed E-state index contributed by atoms with van der Waals surface area (Å²) in [7, 11) is 0.